The summed E-state index contributed by atoms with van der Waals surface area (Å²) in [5, 5.41) is 0. The minimum atomic E-state index is -0.855. The molecule has 4 nitrogen and oxygen atoms in total. The van der Waals surface area contributed by atoms with Gasteiger partial charge in [-0.15, -0.1) is 0 Å². The summed E-state index contributed by atoms with van der Waals surface area (Å²) in [4.78, 5) is 24.2. The molecule has 25 heavy (non-hydrogen) atoms. The Balaban J connectivity index is 1.73. The molecule has 0 atom stereocenters. The van der Waals surface area contributed by atoms with Crippen LogP contribution in [0, 0.1) is 5.92 Å². The fraction of sp³-hybridized carbons (Fsp3) is 0.333. The molecule has 0 N–H and O–H groups in total. The summed E-state index contributed by atoms with van der Waals surface area (Å²) in [5.41, 5.74) is 2.18. The van der Waals surface area contributed by atoms with E-state index in [1.807, 2.05) is 60.7 Å². The van der Waals surface area contributed by atoms with Crippen molar-refractivity contribution in [2.24, 2.45) is 5.92 Å². The van der Waals surface area contributed by atoms with Crippen molar-refractivity contribution in [2.75, 3.05) is 13.2 Å². The molecular weight excluding hydrogens is 316 g/mol. The van der Waals surface area contributed by atoms with Gasteiger partial charge in [0.2, 0.25) is 0 Å². The van der Waals surface area contributed by atoms with Crippen LogP contribution in [0.3, 0.4) is 0 Å². The van der Waals surface area contributed by atoms with E-state index in [9.17, 15) is 9.59 Å². The molecule has 2 aromatic rings. The molecule has 0 radical (unpaired) electrons. The van der Waals surface area contributed by atoms with Gasteiger partial charge in [0, 0.05) is 12.8 Å². The second-order valence-electron chi connectivity index (χ2n) is 5.77. The van der Waals surface area contributed by atoms with Crippen molar-refractivity contribution < 1.29 is 19.1 Å². The van der Waals surface area contributed by atoms with Crippen LogP contribution in [0.5, 0.6) is 0 Å². The molecule has 132 valence electrons. The van der Waals surface area contributed by atoms with Gasteiger partial charge in [-0.25, -0.2) is 0 Å². The molecule has 0 aliphatic carbocycles. The molecule has 0 saturated heterocycles. The van der Waals surface area contributed by atoms with Crippen molar-refractivity contribution in [3.63, 3.8) is 0 Å². The summed E-state index contributed by atoms with van der Waals surface area (Å²) >= 11 is 0. The summed E-state index contributed by atoms with van der Waals surface area (Å²) in [7, 11) is 0. The van der Waals surface area contributed by atoms with Crippen molar-refractivity contribution in [3.05, 3.63) is 71.8 Å². The Morgan fingerprint density at radius 1 is 0.760 bits per heavy atom. The van der Waals surface area contributed by atoms with Crippen LogP contribution in [0.15, 0.2) is 60.7 Å². The zero-order valence-electron chi connectivity index (χ0n) is 14.5. The predicted octanol–water partition coefficient (Wildman–Crippen LogP) is 3.58. The molecule has 0 aromatic heterocycles. The Kier molecular flexibility index (Phi) is 7.70. The number of hydrogen-bond donors (Lipinski definition) is 0. The average molecular weight is 340 g/mol. The van der Waals surface area contributed by atoms with Gasteiger partial charge in [0.05, 0.1) is 13.2 Å². The monoisotopic (exact) mass is 340 g/mol. The lowest BCUT2D eigenvalue weighted by Crippen LogP contribution is -2.28. The van der Waals surface area contributed by atoms with Crippen molar-refractivity contribution in [3.8, 4) is 0 Å². The molecule has 0 unspecified atom stereocenters. The van der Waals surface area contributed by atoms with Crippen LogP contribution in [0.2, 0.25) is 0 Å². The smallest absolute Gasteiger partial charge is 0.320 e. The van der Waals surface area contributed by atoms with E-state index >= 15 is 0 Å². The van der Waals surface area contributed by atoms with Gasteiger partial charge in [0.1, 0.15) is 0 Å². The van der Waals surface area contributed by atoms with E-state index in [1.165, 1.54) is 0 Å². The number of benzene rings is 2. The fourth-order valence-electron chi connectivity index (χ4n) is 2.46. The van der Waals surface area contributed by atoms with Crippen molar-refractivity contribution in [1.29, 1.82) is 0 Å². The van der Waals surface area contributed by atoms with E-state index < -0.39 is 17.9 Å². The Morgan fingerprint density at radius 3 is 1.52 bits per heavy atom. The average Bonchev–Trinajstić information content (AvgIpc) is 2.64. The Hall–Kier alpha value is -2.62. The third kappa shape index (κ3) is 6.42. The molecule has 0 spiro atoms. The Morgan fingerprint density at radius 2 is 1.16 bits per heavy atom. The van der Waals surface area contributed by atoms with E-state index in [1.54, 1.807) is 6.92 Å². The first-order chi connectivity index (χ1) is 12.2. The van der Waals surface area contributed by atoms with E-state index in [0.29, 0.717) is 19.3 Å². The molecule has 0 heterocycles. The minimum Gasteiger partial charge on any atom is -0.465 e. The third-order valence-electron chi connectivity index (χ3n) is 3.93. The van der Waals surface area contributed by atoms with E-state index in [0.717, 1.165) is 11.1 Å². The molecule has 0 aliphatic rings. The predicted molar refractivity (Wildman–Crippen MR) is 96.0 cm³/mol. The molecular formula is C21H24O4. The summed E-state index contributed by atoms with van der Waals surface area (Å²) in [5.74, 6) is -1.88. The minimum absolute atomic E-state index is 0.261. The molecule has 0 bridgehead atoms. The van der Waals surface area contributed by atoms with Gasteiger partial charge in [-0.05, 0) is 17.5 Å². The maximum Gasteiger partial charge on any atom is 0.320 e. The Bertz CT molecular complexity index is 595. The maximum absolute atomic E-state index is 12.1. The van der Waals surface area contributed by atoms with E-state index in [-0.39, 0.29) is 13.2 Å². The fourth-order valence-corrected chi connectivity index (χ4v) is 2.46. The highest BCUT2D eigenvalue weighted by Gasteiger charge is 2.27. The van der Waals surface area contributed by atoms with Gasteiger partial charge in [-0.2, -0.15) is 0 Å². The molecule has 0 aliphatic heterocycles. The normalized spacial score (nSPS) is 10.5. The van der Waals surface area contributed by atoms with Crippen LogP contribution in [0.4, 0.5) is 0 Å². The van der Waals surface area contributed by atoms with Gasteiger partial charge < -0.3 is 9.47 Å². The number of hydrogen-bond acceptors (Lipinski definition) is 4. The largest absolute Gasteiger partial charge is 0.465 e. The third-order valence-corrected chi connectivity index (χ3v) is 3.93. The van der Waals surface area contributed by atoms with Crippen LogP contribution >= 0.6 is 0 Å². The van der Waals surface area contributed by atoms with E-state index in [2.05, 4.69) is 0 Å². The first kappa shape index (κ1) is 18.7. The standard InChI is InChI=1S/C21H24O4/c1-2-19(20(22)24-15-13-17-9-5-3-6-10-17)21(23)25-16-14-18-11-7-4-8-12-18/h3-12,19H,2,13-16H2,1H3. The lowest BCUT2D eigenvalue weighted by atomic mass is 10.1. The lowest BCUT2D eigenvalue weighted by molar-refractivity contribution is -0.162. The highest BCUT2D eigenvalue weighted by atomic mass is 16.6. The quantitative estimate of drug-likeness (QED) is 0.517. The molecule has 0 fully saturated rings. The van der Waals surface area contributed by atoms with Crippen molar-refractivity contribution >= 4 is 11.9 Å². The number of esters is 2. The second kappa shape index (κ2) is 10.3. The molecule has 2 rings (SSSR count). The summed E-state index contributed by atoms with van der Waals surface area (Å²) in [6.07, 6.45) is 1.63. The van der Waals surface area contributed by atoms with Crippen LogP contribution in [0.25, 0.3) is 0 Å². The maximum atomic E-state index is 12.1. The van der Waals surface area contributed by atoms with Gasteiger partial charge >= 0.3 is 11.9 Å². The lowest BCUT2D eigenvalue weighted by Gasteiger charge is -2.14. The topological polar surface area (TPSA) is 52.6 Å². The Labute approximate surface area is 148 Å². The van der Waals surface area contributed by atoms with Crippen LogP contribution in [0.1, 0.15) is 24.5 Å². The van der Waals surface area contributed by atoms with Gasteiger partial charge in [-0.3, -0.25) is 9.59 Å². The first-order valence-corrected chi connectivity index (χ1v) is 8.62. The highest BCUT2D eigenvalue weighted by Crippen LogP contribution is 2.10. The van der Waals surface area contributed by atoms with Crippen molar-refractivity contribution in [1.82, 2.24) is 0 Å². The number of carbonyl (C=O) groups is 2. The SMILES string of the molecule is CCC(C(=O)OCCc1ccccc1)C(=O)OCCc1ccccc1. The van der Waals surface area contributed by atoms with Gasteiger partial charge in [-0.1, -0.05) is 67.6 Å². The molecule has 2 aromatic carbocycles. The zero-order chi connectivity index (χ0) is 17.9. The van der Waals surface area contributed by atoms with Crippen LogP contribution in [-0.4, -0.2) is 25.2 Å². The molecule has 4 heteroatoms. The molecule has 0 amide bonds. The summed E-state index contributed by atoms with van der Waals surface area (Å²) in [6.45, 7) is 2.30. The molecule has 0 saturated carbocycles. The number of rotatable bonds is 9. The van der Waals surface area contributed by atoms with Gasteiger partial charge in [0.25, 0.3) is 0 Å². The zero-order valence-corrected chi connectivity index (χ0v) is 14.5. The first-order valence-electron chi connectivity index (χ1n) is 8.62. The summed E-state index contributed by atoms with van der Waals surface area (Å²) in [6, 6.07) is 19.5. The second-order valence-corrected chi connectivity index (χ2v) is 5.77. The van der Waals surface area contributed by atoms with Crippen LogP contribution in [-0.2, 0) is 31.9 Å². The van der Waals surface area contributed by atoms with Gasteiger partial charge in [0.15, 0.2) is 5.92 Å². The number of ether oxygens (including phenoxy) is 2. The number of carbonyl (C=O) groups excluding carboxylic acids is 2. The van der Waals surface area contributed by atoms with E-state index in [4.69, 9.17) is 9.47 Å². The van der Waals surface area contributed by atoms with Crippen molar-refractivity contribution in [2.45, 2.75) is 26.2 Å². The summed E-state index contributed by atoms with van der Waals surface area (Å²) < 4.78 is 10.5. The van der Waals surface area contributed by atoms with Crippen LogP contribution < -0.4 is 0 Å². The highest BCUT2D eigenvalue weighted by molar-refractivity contribution is 5.94.